The number of aliphatic imine (C=N–C) groups is 2. The summed E-state index contributed by atoms with van der Waals surface area (Å²) in [6.45, 7) is 41.2. The van der Waals surface area contributed by atoms with Gasteiger partial charge >= 0.3 is 0 Å². The lowest BCUT2D eigenvalue weighted by atomic mass is 9.88. The molecule has 0 spiro atoms. The monoisotopic (exact) mass is 906 g/mol. The number of thiazole rings is 1. The van der Waals surface area contributed by atoms with Gasteiger partial charge in [0.1, 0.15) is 11.3 Å². The van der Waals surface area contributed by atoms with E-state index in [1.807, 2.05) is 41.5 Å². The van der Waals surface area contributed by atoms with Gasteiger partial charge in [-0.3, -0.25) is 9.98 Å². The Morgan fingerprint density at radius 3 is 1.44 bits per heavy atom. The molecular weight excluding hydrogens is 827 g/mol. The van der Waals surface area contributed by atoms with Gasteiger partial charge in [-0.2, -0.15) is 4.37 Å². The van der Waals surface area contributed by atoms with E-state index < -0.39 is 0 Å². The van der Waals surface area contributed by atoms with Crippen LogP contribution in [0.3, 0.4) is 0 Å². The van der Waals surface area contributed by atoms with E-state index in [9.17, 15) is 0 Å². The third-order valence-electron chi connectivity index (χ3n) is 8.81. The normalized spacial score (nSPS) is 13.2. The van der Waals surface area contributed by atoms with Crippen LogP contribution in [0.4, 0.5) is 0 Å². The lowest BCUT2D eigenvalue weighted by Crippen LogP contribution is -2.09. The number of allylic oxidation sites excluding steroid dienone is 2. The van der Waals surface area contributed by atoms with E-state index in [1.54, 1.807) is 29.2 Å². The molecule has 0 fully saturated rings. The summed E-state index contributed by atoms with van der Waals surface area (Å²) < 4.78 is 10.1. The molecule has 2 aliphatic rings. The lowest BCUT2D eigenvalue weighted by Gasteiger charge is -2.16. The maximum Gasteiger partial charge on any atom is 0.129 e. The van der Waals surface area contributed by atoms with Crippen LogP contribution in [0, 0.1) is 11.3 Å². The molecule has 7 nitrogen and oxygen atoms in total. The molecule has 7 rings (SSSR count). The zero-order valence-electron chi connectivity index (χ0n) is 41.1. The van der Waals surface area contributed by atoms with Gasteiger partial charge in [0.25, 0.3) is 0 Å². The molecule has 0 aromatic carbocycles. The third kappa shape index (κ3) is 23.6. The van der Waals surface area contributed by atoms with Gasteiger partial charge < -0.3 is 4.57 Å². The van der Waals surface area contributed by atoms with E-state index in [2.05, 4.69) is 219 Å². The quantitative estimate of drug-likeness (QED) is 0.181. The number of hydrogen-bond donors (Lipinski definition) is 0. The minimum Gasteiger partial charge on any atom is -0.354 e. The van der Waals surface area contributed by atoms with Crippen molar-refractivity contribution in [1.82, 2.24) is 23.3 Å². The summed E-state index contributed by atoms with van der Waals surface area (Å²) in [5.41, 5.74) is 5.22. The molecule has 5 aromatic heterocycles. The Kier molecular flexibility index (Phi) is 24.6. The summed E-state index contributed by atoms with van der Waals surface area (Å²) in [5.74, 6) is 1.89. The summed E-state index contributed by atoms with van der Waals surface area (Å²) in [6, 6.07) is 10.6. The van der Waals surface area contributed by atoms with Gasteiger partial charge in [0, 0.05) is 70.2 Å². The predicted octanol–water partition coefficient (Wildman–Crippen LogP) is 15.4. The van der Waals surface area contributed by atoms with Gasteiger partial charge in [0.05, 0.1) is 18.1 Å². The summed E-state index contributed by atoms with van der Waals surface area (Å²) in [5, 5.41) is 6.46. The standard InChI is InChI=1S/2C8H13N.C8H12S.C7H11NS.C7H11N.C6H10N2S.C6H9NS/c1-8(2,3)7-4-5-9-6-7;1-7(2)8-5-4-6-9(8)3;1-8(2,3)7-5-4-6-9-7;1-7(2,3)6-4-5-8-9-6;1-6(2)7-3-4-8-5-7;1-6(2,3)5-7-4-8-9-5;1-5(2)6-7-3-4-8-6/h4,6H,5H2,1-3H3;4-7H,1-3H3;4-6H,1-3H3;4-5H,1-3H3;3,5-6H,4H2,1-2H3;4H,1-3H3;3-5H,1-2H3. The fourth-order valence-electron chi connectivity index (χ4n) is 5.01. The molecule has 11 heteroatoms. The number of aromatic nitrogens is 5. The fourth-order valence-corrected chi connectivity index (χ4v) is 7.68. The largest absolute Gasteiger partial charge is 0.354 e. The molecule has 0 aliphatic carbocycles. The smallest absolute Gasteiger partial charge is 0.129 e. The maximum absolute atomic E-state index is 4.13. The highest BCUT2D eigenvalue weighted by Gasteiger charge is 2.17. The molecule has 5 aromatic rings. The van der Waals surface area contributed by atoms with Crippen LogP contribution < -0.4 is 0 Å². The van der Waals surface area contributed by atoms with Crippen molar-refractivity contribution < 1.29 is 0 Å². The minimum absolute atomic E-state index is 0.168. The minimum atomic E-state index is 0.168. The molecular formula is C50H79N7S4. The van der Waals surface area contributed by atoms with E-state index >= 15 is 0 Å². The van der Waals surface area contributed by atoms with E-state index in [4.69, 9.17) is 0 Å². The van der Waals surface area contributed by atoms with Crippen LogP contribution in [0.15, 0.2) is 99.3 Å². The van der Waals surface area contributed by atoms with E-state index in [0.717, 1.165) is 18.1 Å². The summed E-state index contributed by atoms with van der Waals surface area (Å²) in [4.78, 5) is 19.2. The van der Waals surface area contributed by atoms with Crippen molar-refractivity contribution in [3.05, 3.63) is 115 Å². The maximum atomic E-state index is 4.13. The van der Waals surface area contributed by atoms with Crippen LogP contribution in [0.1, 0.15) is 162 Å². The molecule has 61 heavy (non-hydrogen) atoms. The number of rotatable bonds is 3. The average Bonchev–Trinajstić information content (AvgIpc) is 4.01. The third-order valence-corrected chi connectivity index (χ3v) is 13.4. The van der Waals surface area contributed by atoms with Crippen molar-refractivity contribution in [3.8, 4) is 0 Å². The Bertz CT molecular complexity index is 1840. The highest BCUT2D eigenvalue weighted by molar-refractivity contribution is 7.10. The zero-order chi connectivity index (χ0) is 46.4. The van der Waals surface area contributed by atoms with Crippen LogP contribution in [0.2, 0.25) is 0 Å². The number of nitrogens with zero attached hydrogens (tertiary/aromatic N) is 7. The Morgan fingerprint density at radius 1 is 0.574 bits per heavy atom. The second kappa shape index (κ2) is 26.9. The van der Waals surface area contributed by atoms with Gasteiger partial charge in [-0.25, -0.2) is 14.3 Å². The molecule has 7 heterocycles. The average molecular weight is 906 g/mol. The molecule has 338 valence electrons. The zero-order valence-corrected chi connectivity index (χ0v) is 44.3. The van der Waals surface area contributed by atoms with E-state index in [1.165, 1.54) is 43.1 Å². The van der Waals surface area contributed by atoms with Crippen molar-refractivity contribution in [1.29, 1.82) is 0 Å². The van der Waals surface area contributed by atoms with E-state index in [0.29, 0.717) is 28.6 Å². The Labute approximate surface area is 388 Å². The molecule has 0 bridgehead atoms. The van der Waals surface area contributed by atoms with Gasteiger partial charge in [-0.1, -0.05) is 143 Å². The molecule has 0 unspecified atom stereocenters. The van der Waals surface area contributed by atoms with Crippen LogP contribution in [-0.2, 0) is 23.3 Å². The van der Waals surface area contributed by atoms with Crippen LogP contribution in [0.5, 0.6) is 0 Å². The van der Waals surface area contributed by atoms with Gasteiger partial charge in [0.15, 0.2) is 0 Å². The first kappa shape index (κ1) is 55.6. The predicted molar refractivity (Wildman–Crippen MR) is 275 cm³/mol. The summed E-state index contributed by atoms with van der Waals surface area (Å²) in [6.07, 6.45) is 15.7. The van der Waals surface area contributed by atoms with Crippen molar-refractivity contribution in [3.63, 3.8) is 0 Å². The Hall–Kier alpha value is -3.38. The van der Waals surface area contributed by atoms with Gasteiger partial charge in [-0.15, -0.1) is 22.7 Å². The number of hydrogen-bond acceptors (Lipinski definition) is 10. The van der Waals surface area contributed by atoms with Crippen LogP contribution in [-0.4, -0.2) is 48.8 Å². The van der Waals surface area contributed by atoms with Gasteiger partial charge in [0.2, 0.25) is 0 Å². The number of thiophene rings is 1. The highest BCUT2D eigenvalue weighted by atomic mass is 32.1. The number of aryl methyl sites for hydroxylation is 1. The van der Waals surface area contributed by atoms with Crippen molar-refractivity contribution >= 4 is 58.2 Å². The van der Waals surface area contributed by atoms with Crippen molar-refractivity contribution in [2.45, 2.75) is 153 Å². The van der Waals surface area contributed by atoms with E-state index in [-0.39, 0.29) is 10.8 Å². The lowest BCUT2D eigenvalue weighted by molar-refractivity contribution is 0.527. The Morgan fingerprint density at radius 2 is 1.21 bits per heavy atom. The first-order valence-corrected chi connectivity index (χ1v) is 24.7. The first-order valence-electron chi connectivity index (χ1n) is 21.4. The molecule has 2 aliphatic heterocycles. The summed E-state index contributed by atoms with van der Waals surface area (Å²) >= 11 is 6.60. The Balaban J connectivity index is 0.000000356. The van der Waals surface area contributed by atoms with Gasteiger partial charge in [-0.05, 0) is 91.9 Å². The van der Waals surface area contributed by atoms with Crippen LogP contribution >= 0.6 is 45.7 Å². The molecule has 0 saturated carbocycles. The topological polar surface area (TPSA) is 81.2 Å². The summed E-state index contributed by atoms with van der Waals surface area (Å²) in [7, 11) is 2.08. The molecule has 0 atom stereocenters. The molecule has 0 N–H and O–H groups in total. The molecule has 0 amide bonds. The second-order valence-electron chi connectivity index (χ2n) is 19.8. The molecule has 0 radical (unpaired) electrons. The van der Waals surface area contributed by atoms with Crippen LogP contribution in [0.25, 0.3) is 0 Å². The SMILES string of the molecule is CC(C)(C)C1=CCN=C1.CC(C)(C)c1cccs1.CC(C)(C)c1ccns1.CC(C)(C)c1ncns1.CC(C)C1=CCN=C1.CC(C)c1cccn1C.CC(C)c1nccs1. The van der Waals surface area contributed by atoms with Crippen molar-refractivity contribution in [2.24, 2.45) is 28.4 Å². The first-order chi connectivity index (χ1) is 28.2. The second-order valence-corrected chi connectivity index (χ2v) is 23.3. The highest BCUT2D eigenvalue weighted by Crippen LogP contribution is 2.27. The fraction of sp³-hybridized carbons (Fsp3) is 0.560. The van der Waals surface area contributed by atoms with Crippen molar-refractivity contribution in [2.75, 3.05) is 13.1 Å². The molecule has 0 saturated heterocycles.